The van der Waals surface area contributed by atoms with Crippen molar-refractivity contribution in [1.29, 1.82) is 5.26 Å². The van der Waals surface area contributed by atoms with Crippen LogP contribution in [0, 0.1) is 25.2 Å². The number of nitrogens with one attached hydrogen (secondary N) is 1. The van der Waals surface area contributed by atoms with Crippen LogP contribution in [0.4, 0.5) is 5.00 Å². The van der Waals surface area contributed by atoms with Gasteiger partial charge in [-0.05, 0) is 64.0 Å². The van der Waals surface area contributed by atoms with E-state index in [4.69, 9.17) is 14.2 Å². The molecule has 1 amide bonds. The minimum absolute atomic E-state index is 0.0259. The summed E-state index contributed by atoms with van der Waals surface area (Å²) in [5.74, 6) is -0.0566. The van der Waals surface area contributed by atoms with Gasteiger partial charge in [0.05, 0.1) is 25.4 Å². The summed E-state index contributed by atoms with van der Waals surface area (Å²) < 4.78 is 16.1. The monoisotopic (exact) mass is 442 g/mol. The highest BCUT2D eigenvalue weighted by Crippen LogP contribution is 2.34. The van der Waals surface area contributed by atoms with Gasteiger partial charge >= 0.3 is 5.97 Å². The lowest BCUT2D eigenvalue weighted by Gasteiger charge is -2.14. The number of carbonyl (C=O) groups excluding carboxylic acids is 2. The van der Waals surface area contributed by atoms with Gasteiger partial charge < -0.3 is 19.5 Å². The van der Waals surface area contributed by atoms with E-state index in [0.717, 1.165) is 10.4 Å². The quantitative estimate of drug-likeness (QED) is 0.355. The highest BCUT2D eigenvalue weighted by molar-refractivity contribution is 7.16. The van der Waals surface area contributed by atoms with Crippen LogP contribution in [0.3, 0.4) is 0 Å². The summed E-state index contributed by atoms with van der Waals surface area (Å²) in [6, 6.07) is 7.06. The first kappa shape index (κ1) is 24.0. The number of nitriles is 1. The third-order valence-corrected chi connectivity index (χ3v) is 5.44. The SMILES string of the molecule is CCOC(=O)c1c(NC(=O)/C(C#N)=C/c2ccc(OC(C)C)c(OC)c2)sc(C)c1C. The largest absolute Gasteiger partial charge is 0.493 e. The van der Waals surface area contributed by atoms with Gasteiger partial charge in [0.1, 0.15) is 16.6 Å². The van der Waals surface area contributed by atoms with Gasteiger partial charge in [-0.15, -0.1) is 11.3 Å². The summed E-state index contributed by atoms with van der Waals surface area (Å²) in [6.07, 6.45) is 1.43. The fourth-order valence-electron chi connectivity index (χ4n) is 2.78. The van der Waals surface area contributed by atoms with Gasteiger partial charge in [0.15, 0.2) is 11.5 Å². The van der Waals surface area contributed by atoms with Gasteiger partial charge in [-0.3, -0.25) is 4.79 Å². The van der Waals surface area contributed by atoms with Gasteiger partial charge in [0.2, 0.25) is 0 Å². The number of nitrogens with zero attached hydrogens (tertiary/aromatic N) is 1. The van der Waals surface area contributed by atoms with Crippen LogP contribution < -0.4 is 14.8 Å². The van der Waals surface area contributed by atoms with E-state index in [1.807, 2.05) is 26.8 Å². The molecule has 0 saturated carbocycles. The maximum Gasteiger partial charge on any atom is 0.341 e. The van der Waals surface area contributed by atoms with Gasteiger partial charge in [-0.2, -0.15) is 5.26 Å². The average molecular weight is 443 g/mol. The second-order valence-electron chi connectivity index (χ2n) is 6.91. The van der Waals surface area contributed by atoms with Crippen molar-refractivity contribution in [2.45, 2.75) is 40.7 Å². The molecule has 0 spiro atoms. The van der Waals surface area contributed by atoms with Crippen molar-refractivity contribution in [3.8, 4) is 17.6 Å². The number of hydrogen-bond donors (Lipinski definition) is 1. The number of methoxy groups -OCH3 is 1. The second-order valence-corrected chi connectivity index (χ2v) is 8.13. The van der Waals surface area contributed by atoms with Crippen LogP contribution in [0.15, 0.2) is 23.8 Å². The first-order chi connectivity index (χ1) is 14.7. The Morgan fingerprint density at radius 3 is 2.55 bits per heavy atom. The summed E-state index contributed by atoms with van der Waals surface area (Å²) in [6.45, 7) is 9.40. The van der Waals surface area contributed by atoms with Crippen LogP contribution in [-0.2, 0) is 9.53 Å². The van der Waals surface area contributed by atoms with Crippen molar-refractivity contribution in [2.75, 3.05) is 19.0 Å². The number of esters is 1. The van der Waals surface area contributed by atoms with Crippen LogP contribution in [-0.4, -0.2) is 31.7 Å². The van der Waals surface area contributed by atoms with Crippen molar-refractivity contribution in [2.24, 2.45) is 0 Å². The molecule has 7 nitrogen and oxygen atoms in total. The van der Waals surface area contributed by atoms with E-state index >= 15 is 0 Å². The number of rotatable bonds is 8. The molecule has 1 heterocycles. The van der Waals surface area contributed by atoms with Crippen molar-refractivity contribution >= 4 is 34.3 Å². The summed E-state index contributed by atoms with van der Waals surface area (Å²) in [5, 5.41) is 12.6. The first-order valence-electron chi connectivity index (χ1n) is 9.76. The molecule has 1 aromatic heterocycles. The van der Waals surface area contributed by atoms with E-state index in [0.29, 0.717) is 27.6 Å². The Labute approximate surface area is 186 Å². The fourth-order valence-corrected chi connectivity index (χ4v) is 3.82. The molecule has 0 aliphatic rings. The number of anilines is 1. The molecule has 2 aromatic rings. The molecule has 0 aliphatic carbocycles. The molecule has 0 radical (unpaired) electrons. The lowest BCUT2D eigenvalue weighted by Crippen LogP contribution is -2.16. The number of carbonyl (C=O) groups is 2. The molecular formula is C23H26N2O5S. The van der Waals surface area contributed by atoms with E-state index in [9.17, 15) is 14.9 Å². The smallest absolute Gasteiger partial charge is 0.341 e. The molecular weight excluding hydrogens is 416 g/mol. The summed E-state index contributed by atoms with van der Waals surface area (Å²) >= 11 is 1.27. The van der Waals surface area contributed by atoms with Crippen LogP contribution in [0.25, 0.3) is 6.08 Å². The van der Waals surface area contributed by atoms with Gasteiger partial charge in [-0.1, -0.05) is 6.07 Å². The van der Waals surface area contributed by atoms with Crippen molar-refractivity contribution < 1.29 is 23.8 Å². The molecule has 0 unspecified atom stereocenters. The molecule has 8 heteroatoms. The van der Waals surface area contributed by atoms with Crippen LogP contribution in [0.5, 0.6) is 11.5 Å². The lowest BCUT2D eigenvalue weighted by atomic mass is 10.1. The standard InChI is InChI=1S/C23H26N2O5S/c1-7-29-23(27)20-14(4)15(5)31-22(20)25-21(26)17(12-24)10-16-8-9-18(30-13(2)3)19(11-16)28-6/h8-11,13H,7H2,1-6H3,(H,25,26)/b17-10+. The summed E-state index contributed by atoms with van der Waals surface area (Å²) in [5.41, 5.74) is 1.54. The maximum absolute atomic E-state index is 12.8. The van der Waals surface area contributed by atoms with E-state index in [-0.39, 0.29) is 18.3 Å². The molecule has 31 heavy (non-hydrogen) atoms. The predicted octanol–water partition coefficient (Wildman–Crippen LogP) is 4.88. The molecule has 0 fully saturated rings. The van der Waals surface area contributed by atoms with E-state index < -0.39 is 11.9 Å². The Kier molecular flexibility index (Phi) is 8.22. The average Bonchev–Trinajstić information content (AvgIpc) is 2.99. The Balaban J connectivity index is 2.33. The van der Waals surface area contributed by atoms with Gasteiger partial charge in [-0.25, -0.2) is 4.79 Å². The highest BCUT2D eigenvalue weighted by atomic mass is 32.1. The van der Waals surface area contributed by atoms with Gasteiger partial charge in [0.25, 0.3) is 5.91 Å². The Hall–Kier alpha value is -3.31. The number of hydrogen-bond acceptors (Lipinski definition) is 7. The van der Waals surface area contributed by atoms with Crippen LogP contribution in [0.2, 0.25) is 0 Å². The molecule has 0 atom stereocenters. The zero-order chi connectivity index (χ0) is 23.1. The van der Waals surface area contributed by atoms with E-state index in [1.54, 1.807) is 32.0 Å². The minimum atomic E-state index is -0.615. The van der Waals surface area contributed by atoms with Crippen LogP contribution >= 0.6 is 11.3 Å². The molecule has 0 saturated heterocycles. The Bertz CT molecular complexity index is 1050. The zero-order valence-corrected chi connectivity index (χ0v) is 19.3. The molecule has 164 valence electrons. The third-order valence-electron chi connectivity index (χ3n) is 4.32. The normalized spacial score (nSPS) is 11.1. The fraction of sp³-hybridized carbons (Fsp3) is 0.348. The maximum atomic E-state index is 12.8. The number of benzene rings is 1. The van der Waals surface area contributed by atoms with Crippen molar-refractivity contribution in [3.05, 3.63) is 45.3 Å². The second kappa shape index (κ2) is 10.6. The zero-order valence-electron chi connectivity index (χ0n) is 18.5. The number of thiophene rings is 1. The Morgan fingerprint density at radius 2 is 1.97 bits per heavy atom. The molecule has 0 aliphatic heterocycles. The third kappa shape index (κ3) is 5.86. The Morgan fingerprint density at radius 1 is 1.26 bits per heavy atom. The number of amides is 1. The lowest BCUT2D eigenvalue weighted by molar-refractivity contribution is -0.112. The first-order valence-corrected chi connectivity index (χ1v) is 10.6. The van der Waals surface area contributed by atoms with E-state index in [2.05, 4.69) is 5.32 Å². The van der Waals surface area contributed by atoms with Crippen LogP contribution in [0.1, 0.15) is 47.1 Å². The van der Waals surface area contributed by atoms with Crippen molar-refractivity contribution in [1.82, 2.24) is 0 Å². The number of ether oxygens (including phenoxy) is 3. The summed E-state index contributed by atoms with van der Waals surface area (Å²) in [4.78, 5) is 26.0. The van der Waals surface area contributed by atoms with Crippen molar-refractivity contribution in [3.63, 3.8) is 0 Å². The molecule has 0 bridgehead atoms. The highest BCUT2D eigenvalue weighted by Gasteiger charge is 2.23. The molecule has 1 N–H and O–H groups in total. The topological polar surface area (TPSA) is 97.7 Å². The van der Waals surface area contributed by atoms with Gasteiger partial charge in [0, 0.05) is 4.88 Å². The summed E-state index contributed by atoms with van der Waals surface area (Å²) in [7, 11) is 1.52. The molecule has 1 aromatic carbocycles. The van der Waals surface area contributed by atoms with E-state index in [1.165, 1.54) is 24.5 Å². The molecule has 2 rings (SSSR count). The predicted molar refractivity (Wildman–Crippen MR) is 121 cm³/mol. The minimum Gasteiger partial charge on any atom is -0.493 e. The number of aryl methyl sites for hydroxylation is 1.